The van der Waals surface area contributed by atoms with Gasteiger partial charge in [0, 0.05) is 0 Å². The number of nitrogens with two attached hydrogens (primary N) is 1. The minimum atomic E-state index is -0.557. The topological polar surface area (TPSA) is 64.3 Å². The number of hydrogen-bond acceptors (Lipinski definition) is 3. The maximum atomic E-state index is 12.3. The average Bonchev–Trinajstić information content (AvgIpc) is 2.61. The zero-order valence-corrected chi connectivity index (χ0v) is 16.5. The van der Waals surface area contributed by atoms with Crippen molar-refractivity contribution in [3.63, 3.8) is 0 Å². The maximum absolute atomic E-state index is 12.3. The number of amides is 1. The molecule has 0 radical (unpaired) electrons. The van der Waals surface area contributed by atoms with Gasteiger partial charge in [-0.15, -0.1) is 12.4 Å². The van der Waals surface area contributed by atoms with Gasteiger partial charge in [0.25, 0.3) is 0 Å². The van der Waals surface area contributed by atoms with Gasteiger partial charge in [-0.1, -0.05) is 56.3 Å². The fourth-order valence-electron chi connectivity index (χ4n) is 2.48. The van der Waals surface area contributed by atoms with Gasteiger partial charge >= 0.3 is 0 Å². The van der Waals surface area contributed by atoms with Gasteiger partial charge in [0.15, 0.2) is 0 Å². The van der Waals surface area contributed by atoms with E-state index in [1.807, 2.05) is 61.5 Å². The Labute approximate surface area is 162 Å². The van der Waals surface area contributed by atoms with Crippen molar-refractivity contribution in [2.24, 2.45) is 11.7 Å². The van der Waals surface area contributed by atoms with Gasteiger partial charge in [-0.05, 0) is 42.5 Å². The third-order valence-corrected chi connectivity index (χ3v) is 3.96. The summed E-state index contributed by atoms with van der Waals surface area (Å²) in [6.07, 6.45) is 0.529. The molecule has 0 saturated heterocycles. The predicted molar refractivity (Wildman–Crippen MR) is 109 cm³/mol. The monoisotopic (exact) mass is 376 g/mol. The fourth-order valence-corrected chi connectivity index (χ4v) is 2.48. The van der Waals surface area contributed by atoms with Crippen LogP contribution in [0.5, 0.6) is 5.75 Å². The molecule has 0 spiro atoms. The first-order valence-electron chi connectivity index (χ1n) is 8.78. The first-order chi connectivity index (χ1) is 12.0. The molecule has 2 aromatic rings. The Morgan fingerprint density at radius 1 is 1.04 bits per heavy atom. The Morgan fingerprint density at radius 3 is 2.23 bits per heavy atom. The van der Waals surface area contributed by atoms with Gasteiger partial charge in [-0.2, -0.15) is 0 Å². The first-order valence-corrected chi connectivity index (χ1v) is 8.78. The van der Waals surface area contributed by atoms with Crippen molar-refractivity contribution in [1.29, 1.82) is 0 Å². The summed E-state index contributed by atoms with van der Waals surface area (Å²) in [5.74, 6) is 1.19. The molecular formula is C21H29ClN2O2. The highest BCUT2D eigenvalue weighted by molar-refractivity contribution is 5.85. The molecule has 0 bridgehead atoms. The molecule has 0 aliphatic rings. The largest absolute Gasteiger partial charge is 0.493 e. The van der Waals surface area contributed by atoms with E-state index >= 15 is 0 Å². The van der Waals surface area contributed by atoms with E-state index in [0.717, 1.165) is 16.9 Å². The van der Waals surface area contributed by atoms with Crippen LogP contribution in [-0.4, -0.2) is 18.6 Å². The van der Waals surface area contributed by atoms with Crippen molar-refractivity contribution in [2.45, 2.75) is 39.3 Å². The summed E-state index contributed by atoms with van der Waals surface area (Å²) >= 11 is 0. The number of hydrogen-bond donors (Lipinski definition) is 2. The molecule has 4 nitrogen and oxygen atoms in total. The van der Waals surface area contributed by atoms with Crippen LogP contribution in [0.2, 0.25) is 0 Å². The van der Waals surface area contributed by atoms with Crippen molar-refractivity contribution >= 4 is 18.3 Å². The molecule has 1 unspecified atom stereocenters. The second kappa shape index (κ2) is 10.8. The van der Waals surface area contributed by atoms with Gasteiger partial charge in [-0.25, -0.2) is 0 Å². The Balaban J connectivity index is 0.00000338. The van der Waals surface area contributed by atoms with E-state index in [2.05, 4.69) is 19.2 Å². The van der Waals surface area contributed by atoms with Crippen LogP contribution < -0.4 is 15.8 Å². The number of halogens is 1. The minimum Gasteiger partial charge on any atom is -0.493 e. The molecule has 26 heavy (non-hydrogen) atoms. The van der Waals surface area contributed by atoms with Crippen molar-refractivity contribution in [3.05, 3.63) is 65.7 Å². The third-order valence-electron chi connectivity index (χ3n) is 3.96. The molecule has 2 atom stereocenters. The van der Waals surface area contributed by atoms with E-state index in [1.54, 1.807) is 0 Å². The van der Waals surface area contributed by atoms with Crippen molar-refractivity contribution in [1.82, 2.24) is 5.32 Å². The average molecular weight is 377 g/mol. The van der Waals surface area contributed by atoms with Gasteiger partial charge < -0.3 is 15.8 Å². The highest BCUT2D eigenvalue weighted by Gasteiger charge is 2.17. The van der Waals surface area contributed by atoms with Crippen LogP contribution in [0.25, 0.3) is 0 Å². The summed E-state index contributed by atoms with van der Waals surface area (Å²) in [6, 6.07) is 17.0. The fraction of sp³-hybridized carbons (Fsp3) is 0.381. The molecule has 2 rings (SSSR count). The molecule has 1 amide bonds. The van der Waals surface area contributed by atoms with Crippen LogP contribution >= 0.6 is 12.4 Å². The van der Waals surface area contributed by atoms with Crippen molar-refractivity contribution in [3.8, 4) is 5.75 Å². The Kier molecular flexibility index (Phi) is 9.17. The molecule has 0 saturated carbocycles. The lowest BCUT2D eigenvalue weighted by molar-refractivity contribution is -0.123. The summed E-state index contributed by atoms with van der Waals surface area (Å²) in [4.78, 5) is 12.3. The molecule has 3 N–H and O–H groups in total. The van der Waals surface area contributed by atoms with Crippen LogP contribution in [0.1, 0.15) is 37.9 Å². The van der Waals surface area contributed by atoms with Gasteiger partial charge in [0.2, 0.25) is 5.91 Å². The molecule has 0 aliphatic heterocycles. The highest BCUT2D eigenvalue weighted by atomic mass is 35.5. The van der Waals surface area contributed by atoms with Crippen LogP contribution in [0.3, 0.4) is 0 Å². The van der Waals surface area contributed by atoms with E-state index in [4.69, 9.17) is 10.5 Å². The second-order valence-corrected chi connectivity index (χ2v) is 6.80. The quantitative estimate of drug-likeness (QED) is 0.734. The highest BCUT2D eigenvalue weighted by Crippen LogP contribution is 2.18. The van der Waals surface area contributed by atoms with Crippen LogP contribution in [0.4, 0.5) is 0 Å². The zero-order valence-electron chi connectivity index (χ0n) is 15.6. The van der Waals surface area contributed by atoms with Crippen LogP contribution in [0.15, 0.2) is 54.6 Å². The van der Waals surface area contributed by atoms with Gasteiger partial charge in [-0.3, -0.25) is 4.79 Å². The summed E-state index contributed by atoms with van der Waals surface area (Å²) in [5, 5.41) is 2.98. The van der Waals surface area contributed by atoms with Crippen molar-refractivity contribution < 1.29 is 9.53 Å². The number of rotatable bonds is 8. The SMILES string of the molecule is CC(C)COc1ccc(C(C)NC(=O)[C@@H](N)Cc2ccccc2)cc1.Cl. The second-order valence-electron chi connectivity index (χ2n) is 6.80. The summed E-state index contributed by atoms with van der Waals surface area (Å²) in [6.45, 7) is 6.88. The smallest absolute Gasteiger partial charge is 0.237 e. The van der Waals surface area contributed by atoms with E-state index in [0.29, 0.717) is 18.9 Å². The van der Waals surface area contributed by atoms with Gasteiger partial charge in [0.05, 0.1) is 18.7 Å². The van der Waals surface area contributed by atoms with E-state index in [1.165, 1.54) is 0 Å². The minimum absolute atomic E-state index is 0. The number of nitrogens with one attached hydrogen (secondary N) is 1. The van der Waals surface area contributed by atoms with Crippen molar-refractivity contribution in [2.75, 3.05) is 6.61 Å². The molecular weight excluding hydrogens is 348 g/mol. The van der Waals surface area contributed by atoms with E-state index < -0.39 is 6.04 Å². The standard InChI is InChI=1S/C21H28N2O2.ClH/c1-15(2)14-25-19-11-9-18(10-12-19)16(3)23-21(24)20(22)13-17-7-5-4-6-8-17;/h4-12,15-16,20H,13-14,22H2,1-3H3,(H,23,24);1H/t16?,20-;/m0./s1. The number of carbonyl (C=O) groups is 1. The molecule has 2 aromatic carbocycles. The maximum Gasteiger partial charge on any atom is 0.237 e. The molecule has 0 aliphatic carbocycles. The number of ether oxygens (including phenoxy) is 1. The van der Waals surface area contributed by atoms with Crippen LogP contribution in [-0.2, 0) is 11.2 Å². The molecule has 0 fully saturated rings. The van der Waals surface area contributed by atoms with E-state index in [-0.39, 0.29) is 24.4 Å². The number of benzene rings is 2. The molecule has 142 valence electrons. The Morgan fingerprint density at radius 2 is 1.65 bits per heavy atom. The van der Waals surface area contributed by atoms with Crippen LogP contribution in [0, 0.1) is 5.92 Å². The number of carbonyl (C=O) groups excluding carboxylic acids is 1. The summed E-state index contributed by atoms with van der Waals surface area (Å²) in [5.41, 5.74) is 8.12. The lowest BCUT2D eigenvalue weighted by Crippen LogP contribution is -2.42. The first kappa shape index (κ1) is 22.0. The predicted octanol–water partition coefficient (Wildman–Crippen LogP) is 3.89. The van der Waals surface area contributed by atoms with E-state index in [9.17, 15) is 4.79 Å². The zero-order chi connectivity index (χ0) is 18.2. The Bertz CT molecular complexity index is 659. The normalized spacial score (nSPS) is 12.8. The lowest BCUT2D eigenvalue weighted by atomic mass is 10.0. The summed E-state index contributed by atoms with van der Waals surface area (Å²) < 4.78 is 5.68. The lowest BCUT2D eigenvalue weighted by Gasteiger charge is -2.18. The Hall–Kier alpha value is -2.04. The molecule has 0 heterocycles. The molecule has 0 aromatic heterocycles. The molecule has 5 heteroatoms. The van der Waals surface area contributed by atoms with Gasteiger partial charge in [0.1, 0.15) is 5.75 Å². The summed E-state index contributed by atoms with van der Waals surface area (Å²) in [7, 11) is 0. The third kappa shape index (κ3) is 7.06.